The number of allylic oxidation sites excluding steroid dienone is 1. The molecule has 1 unspecified atom stereocenters. The summed E-state index contributed by atoms with van der Waals surface area (Å²) in [6, 6.07) is 19.8. The fraction of sp³-hybridized carbons (Fsp3) is 0.556. The predicted molar refractivity (Wildman–Crippen MR) is 174 cm³/mol. The smallest absolute Gasteiger partial charge is 0.0449 e. The molecule has 0 spiro atoms. The van der Waals surface area contributed by atoms with Crippen molar-refractivity contribution in [3.05, 3.63) is 86.0 Å². The lowest BCUT2D eigenvalue weighted by Crippen LogP contribution is -2.38. The van der Waals surface area contributed by atoms with E-state index < -0.39 is 0 Å². The maximum absolute atomic E-state index is 4.50. The van der Waals surface area contributed by atoms with E-state index in [1.807, 2.05) is 0 Å². The van der Waals surface area contributed by atoms with E-state index in [4.69, 9.17) is 0 Å². The number of anilines is 2. The van der Waals surface area contributed by atoms with E-state index in [0.29, 0.717) is 0 Å². The molecule has 1 saturated carbocycles. The molecule has 1 atom stereocenters. The van der Waals surface area contributed by atoms with Crippen molar-refractivity contribution in [2.45, 2.75) is 83.0 Å². The highest BCUT2D eigenvalue weighted by Crippen LogP contribution is 2.43. The number of nitrogens with zero attached hydrogens (tertiary/aromatic N) is 2. The summed E-state index contributed by atoms with van der Waals surface area (Å²) in [4.78, 5) is 5.14. The summed E-state index contributed by atoms with van der Waals surface area (Å²) in [5.74, 6) is 1.82. The highest BCUT2D eigenvalue weighted by atomic mass is 15.1. The molecule has 216 valence electrons. The van der Waals surface area contributed by atoms with Gasteiger partial charge in [-0.1, -0.05) is 75.1 Å². The van der Waals surface area contributed by atoms with E-state index in [9.17, 15) is 0 Å². The molecule has 1 saturated heterocycles. The number of rotatable bonds is 11. The Kier molecular flexibility index (Phi) is 15.2. The molecule has 0 amide bonds. The van der Waals surface area contributed by atoms with Crippen LogP contribution in [0.5, 0.6) is 0 Å². The second-order valence-corrected chi connectivity index (χ2v) is 11.3. The van der Waals surface area contributed by atoms with Gasteiger partial charge < -0.3 is 15.5 Å². The molecule has 0 aromatic heterocycles. The number of piperidine rings is 1. The summed E-state index contributed by atoms with van der Waals surface area (Å²) in [5.41, 5.74) is 8.53. The molecular formula is C36H57N3. The van der Waals surface area contributed by atoms with Crippen LogP contribution < -0.4 is 10.6 Å². The summed E-state index contributed by atoms with van der Waals surface area (Å²) in [6.45, 7) is 16.7. The van der Waals surface area contributed by atoms with Crippen molar-refractivity contribution in [3.8, 4) is 0 Å². The van der Waals surface area contributed by atoms with Crippen molar-refractivity contribution in [3.63, 3.8) is 0 Å². The monoisotopic (exact) mass is 531 g/mol. The number of likely N-dealkylation sites (tertiary alicyclic amines) is 1. The van der Waals surface area contributed by atoms with Crippen molar-refractivity contribution >= 4 is 11.4 Å². The molecule has 4 rings (SSSR count). The predicted octanol–water partition coefficient (Wildman–Crippen LogP) is 9.13. The number of hydrogen-bond donors (Lipinski definition) is 1. The van der Waals surface area contributed by atoms with E-state index in [1.165, 1.54) is 108 Å². The summed E-state index contributed by atoms with van der Waals surface area (Å²) >= 11 is 0. The normalized spacial score (nSPS) is 18.1. The van der Waals surface area contributed by atoms with Crippen LogP contribution in [0.2, 0.25) is 0 Å². The van der Waals surface area contributed by atoms with Gasteiger partial charge >= 0.3 is 0 Å². The van der Waals surface area contributed by atoms with Gasteiger partial charge in [-0.25, -0.2) is 0 Å². The summed E-state index contributed by atoms with van der Waals surface area (Å²) < 4.78 is 0. The Morgan fingerprint density at radius 1 is 0.872 bits per heavy atom. The van der Waals surface area contributed by atoms with E-state index in [0.717, 1.165) is 18.3 Å². The summed E-state index contributed by atoms with van der Waals surface area (Å²) in [7, 11) is 3.70. The van der Waals surface area contributed by atoms with Gasteiger partial charge in [0.2, 0.25) is 0 Å². The van der Waals surface area contributed by atoms with E-state index in [1.54, 1.807) is 0 Å². The van der Waals surface area contributed by atoms with Crippen LogP contribution in [0.25, 0.3) is 0 Å². The topological polar surface area (TPSA) is 32.5 Å². The largest absolute Gasteiger partial charge is 0.344 e. The van der Waals surface area contributed by atoms with Crippen molar-refractivity contribution in [1.29, 1.82) is 0 Å². The van der Waals surface area contributed by atoms with Crippen molar-refractivity contribution in [2.75, 3.05) is 38.6 Å². The maximum Gasteiger partial charge on any atom is 0.0449 e. The average Bonchev–Trinajstić information content (AvgIpc) is 3.02. The van der Waals surface area contributed by atoms with Gasteiger partial charge in [-0.2, -0.15) is 0 Å². The van der Waals surface area contributed by atoms with Gasteiger partial charge in [-0.15, -0.1) is 19.7 Å². The molecule has 2 fully saturated rings. The first-order valence-corrected chi connectivity index (χ1v) is 15.5. The van der Waals surface area contributed by atoms with Gasteiger partial charge in [0.15, 0.2) is 0 Å². The lowest BCUT2D eigenvalue weighted by atomic mass is 9.70. The molecule has 1 heterocycles. The van der Waals surface area contributed by atoms with E-state index in [2.05, 4.69) is 110 Å². The second-order valence-electron chi connectivity index (χ2n) is 11.3. The standard InChI is InChI=1S/C33H48N2.C2H4.CH5N/c1-4-23-33(5-2,31-18-12-13-19-32(31)34(3)30-16-10-7-11-17-30)24-20-28-21-25-35(26-22-28)27-29-14-8-6-9-15-29;2*1-2/h5,7,10-13,16-19,28-29H,2,4,6,8-9,14-15,20-27H2,1,3H3;1-2H2;2H2,1H3. The van der Waals surface area contributed by atoms with Gasteiger partial charge in [0.25, 0.3) is 0 Å². The SMILES string of the molecule is C=C.C=CC(CCC)(CCC1CCN(CC2CCCCC2)CC1)c1ccccc1N(C)c1ccccc1.CN. The molecule has 1 aliphatic heterocycles. The second kappa shape index (κ2) is 18.1. The van der Waals surface area contributed by atoms with Crippen LogP contribution in [0, 0.1) is 11.8 Å². The van der Waals surface area contributed by atoms with E-state index in [-0.39, 0.29) is 5.41 Å². The van der Waals surface area contributed by atoms with Crippen LogP contribution in [0.1, 0.15) is 83.1 Å². The van der Waals surface area contributed by atoms with Gasteiger partial charge in [0, 0.05) is 30.4 Å². The number of nitrogens with two attached hydrogens (primary N) is 1. The number of hydrogen-bond acceptors (Lipinski definition) is 3. The Labute approximate surface area is 241 Å². The molecular weight excluding hydrogens is 474 g/mol. The first-order valence-electron chi connectivity index (χ1n) is 15.5. The van der Waals surface area contributed by atoms with Crippen LogP contribution in [-0.2, 0) is 5.41 Å². The fourth-order valence-corrected chi connectivity index (χ4v) is 6.79. The quantitative estimate of drug-likeness (QED) is 0.293. The average molecular weight is 532 g/mol. The van der Waals surface area contributed by atoms with Gasteiger partial charge in [0.05, 0.1) is 0 Å². The van der Waals surface area contributed by atoms with Crippen LogP contribution in [0.4, 0.5) is 11.4 Å². The Hall–Kier alpha value is -2.36. The Morgan fingerprint density at radius 2 is 1.49 bits per heavy atom. The number of para-hydroxylation sites is 2. The minimum Gasteiger partial charge on any atom is -0.344 e. The Bertz CT molecular complexity index is 912. The molecule has 39 heavy (non-hydrogen) atoms. The number of benzene rings is 2. The van der Waals surface area contributed by atoms with Crippen LogP contribution in [-0.4, -0.2) is 38.6 Å². The first kappa shape index (κ1) is 32.8. The van der Waals surface area contributed by atoms with Crippen molar-refractivity contribution in [1.82, 2.24) is 4.90 Å². The van der Waals surface area contributed by atoms with Crippen LogP contribution in [0.3, 0.4) is 0 Å². The zero-order chi connectivity index (χ0) is 28.5. The maximum atomic E-state index is 4.50. The summed E-state index contributed by atoms with van der Waals surface area (Å²) in [6.07, 6.45) is 17.2. The fourth-order valence-electron chi connectivity index (χ4n) is 6.79. The molecule has 0 radical (unpaired) electrons. The lowest BCUT2D eigenvalue weighted by Gasteiger charge is -2.39. The molecule has 3 nitrogen and oxygen atoms in total. The van der Waals surface area contributed by atoms with Gasteiger partial charge in [0.1, 0.15) is 0 Å². The Balaban J connectivity index is 0.00000127. The van der Waals surface area contributed by atoms with Gasteiger partial charge in [-0.3, -0.25) is 0 Å². The third-order valence-corrected chi connectivity index (χ3v) is 8.98. The zero-order valence-corrected chi connectivity index (χ0v) is 25.4. The molecule has 2 aliphatic rings. The van der Waals surface area contributed by atoms with Crippen molar-refractivity contribution < 1.29 is 0 Å². The van der Waals surface area contributed by atoms with Crippen molar-refractivity contribution in [2.24, 2.45) is 17.6 Å². The molecule has 2 aromatic rings. The third kappa shape index (κ3) is 9.36. The van der Waals surface area contributed by atoms with Gasteiger partial charge in [-0.05, 0) is 101 Å². The van der Waals surface area contributed by atoms with E-state index >= 15 is 0 Å². The highest BCUT2D eigenvalue weighted by molar-refractivity contribution is 5.67. The molecule has 2 N–H and O–H groups in total. The highest BCUT2D eigenvalue weighted by Gasteiger charge is 2.33. The lowest BCUT2D eigenvalue weighted by molar-refractivity contribution is 0.139. The summed E-state index contributed by atoms with van der Waals surface area (Å²) in [5, 5.41) is 0. The first-order chi connectivity index (χ1) is 19.1. The van der Waals surface area contributed by atoms with Crippen LogP contribution >= 0.6 is 0 Å². The minimum atomic E-state index is 0.0353. The molecule has 2 aromatic carbocycles. The third-order valence-electron chi connectivity index (χ3n) is 8.98. The molecule has 0 bridgehead atoms. The molecule has 1 aliphatic carbocycles. The molecule has 3 heteroatoms. The Morgan fingerprint density at radius 3 is 2.10 bits per heavy atom. The van der Waals surface area contributed by atoms with Crippen LogP contribution in [0.15, 0.2) is 80.4 Å². The minimum absolute atomic E-state index is 0.0353. The zero-order valence-electron chi connectivity index (χ0n) is 25.4.